The Bertz CT molecular complexity index is 354. The van der Waals surface area contributed by atoms with Crippen LogP contribution in [0.3, 0.4) is 0 Å². The van der Waals surface area contributed by atoms with Gasteiger partial charge in [-0.1, -0.05) is 19.8 Å². The Kier molecular flexibility index (Phi) is 7.73. The molecule has 1 heterocycles. The summed E-state index contributed by atoms with van der Waals surface area (Å²) in [7, 11) is 1.98. The minimum absolute atomic E-state index is 0.0134. The number of hydrogen-bond acceptors (Lipinski definition) is 4. The number of likely N-dealkylation sites (N-methyl/N-ethyl adjacent to an activating group) is 1. The van der Waals surface area contributed by atoms with Crippen LogP contribution in [0.2, 0.25) is 0 Å². The van der Waals surface area contributed by atoms with Gasteiger partial charge in [0.05, 0.1) is 6.54 Å². The van der Waals surface area contributed by atoms with Gasteiger partial charge in [0.1, 0.15) is 5.54 Å². The van der Waals surface area contributed by atoms with E-state index in [-0.39, 0.29) is 5.91 Å². The topological polar surface area (TPSA) is 47.6 Å². The Labute approximate surface area is 129 Å². The molecule has 0 unspecified atom stereocenters. The second-order valence-corrected chi connectivity index (χ2v) is 5.81. The molecule has 0 saturated carbocycles. The van der Waals surface area contributed by atoms with E-state index in [2.05, 4.69) is 26.4 Å². The fraction of sp³-hybridized carbons (Fsp3) is 0.812. The van der Waals surface area contributed by atoms with Gasteiger partial charge >= 0.3 is 0 Å². The van der Waals surface area contributed by atoms with E-state index >= 15 is 0 Å². The van der Waals surface area contributed by atoms with E-state index in [1.54, 1.807) is 0 Å². The second-order valence-electron chi connectivity index (χ2n) is 5.81. The van der Waals surface area contributed by atoms with Crippen molar-refractivity contribution < 1.29 is 4.79 Å². The van der Waals surface area contributed by atoms with Crippen LogP contribution in [0.15, 0.2) is 0 Å². The average molecular weight is 294 g/mol. The van der Waals surface area contributed by atoms with E-state index < -0.39 is 5.54 Å². The summed E-state index contributed by atoms with van der Waals surface area (Å²) >= 11 is 0. The Morgan fingerprint density at radius 3 is 2.52 bits per heavy atom. The molecule has 5 nitrogen and oxygen atoms in total. The second kappa shape index (κ2) is 9.04. The van der Waals surface area contributed by atoms with E-state index in [9.17, 15) is 4.79 Å². The van der Waals surface area contributed by atoms with Crippen LogP contribution in [-0.4, -0.2) is 74.1 Å². The predicted octanol–water partition coefficient (Wildman–Crippen LogP) is 0.132. The maximum Gasteiger partial charge on any atom is 0.235 e. The normalized spacial score (nSPS) is 16.7. The Morgan fingerprint density at radius 2 is 2.00 bits per heavy atom. The van der Waals surface area contributed by atoms with Gasteiger partial charge in [0.15, 0.2) is 0 Å². The van der Waals surface area contributed by atoms with Crippen LogP contribution < -0.4 is 10.6 Å². The summed E-state index contributed by atoms with van der Waals surface area (Å²) < 4.78 is 0. The van der Waals surface area contributed by atoms with Gasteiger partial charge in [0.2, 0.25) is 5.91 Å². The first kappa shape index (κ1) is 18.0. The lowest BCUT2D eigenvalue weighted by Crippen LogP contribution is -2.50. The maximum absolute atomic E-state index is 12.1. The lowest BCUT2D eigenvalue weighted by molar-refractivity contribution is -0.123. The van der Waals surface area contributed by atoms with E-state index in [4.69, 9.17) is 6.42 Å². The van der Waals surface area contributed by atoms with Gasteiger partial charge in [-0.05, 0) is 19.9 Å². The number of hydrogen-bond donors (Lipinski definition) is 2. The monoisotopic (exact) mass is 294 g/mol. The van der Waals surface area contributed by atoms with Crippen LogP contribution in [0.4, 0.5) is 0 Å². The van der Waals surface area contributed by atoms with Crippen LogP contribution in [-0.2, 0) is 4.79 Å². The Balaban J connectivity index is 2.31. The van der Waals surface area contributed by atoms with E-state index in [0.717, 1.165) is 52.1 Å². The lowest BCUT2D eigenvalue weighted by Gasteiger charge is -2.30. The molecule has 1 rings (SSSR count). The molecule has 1 amide bonds. The molecular formula is C16H30N4O. The third-order valence-electron chi connectivity index (χ3n) is 4.28. The molecule has 0 aromatic rings. The highest BCUT2D eigenvalue weighted by Crippen LogP contribution is 2.13. The molecule has 2 N–H and O–H groups in total. The third-order valence-corrected chi connectivity index (χ3v) is 4.28. The fourth-order valence-electron chi connectivity index (χ4n) is 2.54. The number of nitrogens with one attached hydrogen (secondary N) is 2. The van der Waals surface area contributed by atoms with Crippen molar-refractivity contribution in [1.29, 1.82) is 0 Å². The van der Waals surface area contributed by atoms with Gasteiger partial charge in [-0.15, -0.1) is 6.42 Å². The third kappa shape index (κ3) is 6.04. The largest absolute Gasteiger partial charge is 0.339 e. The molecule has 0 aromatic carbocycles. The van der Waals surface area contributed by atoms with Crippen LogP contribution in [0, 0.1) is 12.3 Å². The van der Waals surface area contributed by atoms with E-state index in [1.807, 2.05) is 20.9 Å². The van der Waals surface area contributed by atoms with Crippen molar-refractivity contribution in [3.63, 3.8) is 0 Å². The van der Waals surface area contributed by atoms with Crippen LogP contribution in [0.5, 0.6) is 0 Å². The standard InChI is InChI=1S/C16H30N4O/c1-5-16(6-2,7-3)18-15(21)14-19(4)12-13-20-10-8-17-9-11-20/h1,17H,6-14H2,2-4H3,(H,18,21). The first-order chi connectivity index (χ1) is 10.0. The van der Waals surface area contributed by atoms with Gasteiger partial charge in [0.25, 0.3) is 0 Å². The SMILES string of the molecule is C#CC(CC)(CC)NC(=O)CN(C)CCN1CCNCC1. The highest BCUT2D eigenvalue weighted by Gasteiger charge is 2.25. The molecule has 0 atom stereocenters. The van der Waals surface area contributed by atoms with E-state index in [1.165, 1.54) is 0 Å². The molecule has 0 radical (unpaired) electrons. The number of rotatable bonds is 8. The number of nitrogens with zero attached hydrogens (tertiary/aromatic N) is 2. The minimum atomic E-state index is -0.490. The summed E-state index contributed by atoms with van der Waals surface area (Å²) in [5.74, 6) is 2.75. The molecule has 1 fully saturated rings. The van der Waals surface area contributed by atoms with Gasteiger partial charge < -0.3 is 10.6 Å². The highest BCUT2D eigenvalue weighted by molar-refractivity contribution is 5.79. The van der Waals surface area contributed by atoms with Crippen molar-refractivity contribution in [1.82, 2.24) is 20.4 Å². The number of terminal acetylenes is 1. The van der Waals surface area contributed by atoms with Gasteiger partial charge in [-0.3, -0.25) is 14.6 Å². The molecule has 21 heavy (non-hydrogen) atoms. The summed E-state index contributed by atoms with van der Waals surface area (Å²) in [5, 5.41) is 6.35. The number of carbonyl (C=O) groups excluding carboxylic acids is 1. The number of carbonyl (C=O) groups is 1. The average Bonchev–Trinajstić information content (AvgIpc) is 2.52. The van der Waals surface area contributed by atoms with Crippen LogP contribution >= 0.6 is 0 Å². The van der Waals surface area contributed by atoms with Crippen molar-refractivity contribution in [2.45, 2.75) is 32.2 Å². The first-order valence-electron chi connectivity index (χ1n) is 7.95. The summed E-state index contributed by atoms with van der Waals surface area (Å²) in [6.07, 6.45) is 7.09. The smallest absolute Gasteiger partial charge is 0.235 e. The Hall–Kier alpha value is -1.09. The zero-order valence-corrected chi connectivity index (χ0v) is 13.7. The molecule has 0 spiro atoms. The summed E-state index contributed by atoms with van der Waals surface area (Å²) in [6.45, 7) is 10.6. The minimum Gasteiger partial charge on any atom is -0.339 e. The zero-order chi connectivity index (χ0) is 15.7. The molecule has 1 saturated heterocycles. The zero-order valence-electron chi connectivity index (χ0n) is 13.7. The Morgan fingerprint density at radius 1 is 1.38 bits per heavy atom. The molecule has 1 aliphatic heterocycles. The first-order valence-corrected chi connectivity index (χ1v) is 7.95. The van der Waals surface area contributed by atoms with Crippen LogP contribution in [0.1, 0.15) is 26.7 Å². The molecular weight excluding hydrogens is 264 g/mol. The van der Waals surface area contributed by atoms with Crippen molar-refractivity contribution >= 4 is 5.91 Å². The lowest BCUT2D eigenvalue weighted by atomic mass is 9.94. The van der Waals surface area contributed by atoms with Gasteiger partial charge in [-0.2, -0.15) is 0 Å². The summed E-state index contributed by atoms with van der Waals surface area (Å²) in [5.41, 5.74) is -0.490. The molecule has 120 valence electrons. The van der Waals surface area contributed by atoms with Crippen molar-refractivity contribution in [2.75, 3.05) is 52.9 Å². The molecule has 0 aliphatic carbocycles. The quantitative estimate of drug-likeness (QED) is 0.625. The highest BCUT2D eigenvalue weighted by atomic mass is 16.2. The molecule has 0 aromatic heterocycles. The number of amides is 1. The van der Waals surface area contributed by atoms with Crippen molar-refractivity contribution in [2.24, 2.45) is 0 Å². The molecule has 0 bridgehead atoms. The molecule has 5 heteroatoms. The fourth-order valence-corrected chi connectivity index (χ4v) is 2.54. The van der Waals surface area contributed by atoms with Crippen LogP contribution in [0.25, 0.3) is 0 Å². The van der Waals surface area contributed by atoms with Crippen molar-refractivity contribution in [3.05, 3.63) is 0 Å². The summed E-state index contributed by atoms with van der Waals surface area (Å²) in [4.78, 5) is 16.6. The van der Waals surface area contributed by atoms with Gasteiger partial charge in [-0.25, -0.2) is 0 Å². The predicted molar refractivity (Wildman–Crippen MR) is 87.1 cm³/mol. The van der Waals surface area contributed by atoms with Gasteiger partial charge in [0, 0.05) is 39.3 Å². The molecule has 1 aliphatic rings. The summed E-state index contributed by atoms with van der Waals surface area (Å²) in [6, 6.07) is 0. The maximum atomic E-state index is 12.1. The number of piperazine rings is 1. The van der Waals surface area contributed by atoms with Crippen molar-refractivity contribution in [3.8, 4) is 12.3 Å². The van der Waals surface area contributed by atoms with E-state index in [0.29, 0.717) is 6.54 Å².